The van der Waals surface area contributed by atoms with E-state index in [1.54, 1.807) is 12.1 Å². The topological polar surface area (TPSA) is 56.8 Å². The van der Waals surface area contributed by atoms with Crippen molar-refractivity contribution in [1.29, 1.82) is 0 Å². The van der Waals surface area contributed by atoms with Crippen molar-refractivity contribution in [2.75, 3.05) is 13.1 Å². The Morgan fingerprint density at radius 1 is 1.18 bits per heavy atom. The average Bonchev–Trinajstić information content (AvgIpc) is 3.08. The molecular weight excluding hydrogens is 417 g/mol. The Bertz CT molecular complexity index is 953. The van der Waals surface area contributed by atoms with E-state index < -0.39 is 0 Å². The van der Waals surface area contributed by atoms with Crippen LogP contribution >= 0.6 is 34.8 Å². The highest BCUT2D eigenvalue weighted by atomic mass is 35.5. The van der Waals surface area contributed by atoms with E-state index >= 15 is 0 Å². The molecule has 28 heavy (non-hydrogen) atoms. The molecule has 3 heterocycles. The van der Waals surface area contributed by atoms with E-state index in [1.807, 2.05) is 18.2 Å². The lowest BCUT2D eigenvalue weighted by Gasteiger charge is -2.36. The molecule has 1 unspecified atom stereocenters. The van der Waals surface area contributed by atoms with Crippen molar-refractivity contribution < 1.29 is 0 Å². The van der Waals surface area contributed by atoms with Gasteiger partial charge in [-0.1, -0.05) is 34.8 Å². The molecular formula is C20H22Cl3N5. The van der Waals surface area contributed by atoms with Crippen LogP contribution in [-0.2, 0) is 6.54 Å². The summed E-state index contributed by atoms with van der Waals surface area (Å²) in [5.41, 5.74) is 2.68. The molecule has 1 aliphatic heterocycles. The van der Waals surface area contributed by atoms with Gasteiger partial charge in [-0.2, -0.15) is 0 Å². The highest BCUT2D eigenvalue weighted by Crippen LogP contribution is 2.25. The minimum atomic E-state index is 0.179. The number of hydrogen-bond donors (Lipinski definition) is 2. The van der Waals surface area contributed by atoms with Gasteiger partial charge in [-0.15, -0.1) is 0 Å². The van der Waals surface area contributed by atoms with Crippen LogP contribution in [0.15, 0.2) is 30.3 Å². The predicted molar refractivity (Wildman–Crippen MR) is 115 cm³/mol. The monoisotopic (exact) mass is 437 g/mol. The molecule has 0 radical (unpaired) electrons. The van der Waals surface area contributed by atoms with Gasteiger partial charge in [0.25, 0.3) is 0 Å². The van der Waals surface area contributed by atoms with E-state index in [4.69, 9.17) is 34.8 Å². The molecule has 2 N–H and O–H groups in total. The number of likely N-dealkylation sites (tertiary alicyclic amines) is 1. The van der Waals surface area contributed by atoms with E-state index in [0.717, 1.165) is 49.4 Å². The van der Waals surface area contributed by atoms with Crippen LogP contribution in [0.5, 0.6) is 0 Å². The van der Waals surface area contributed by atoms with Crippen molar-refractivity contribution in [3.8, 4) is 0 Å². The molecule has 1 aromatic carbocycles. The lowest BCUT2D eigenvalue weighted by Crippen LogP contribution is -2.46. The Labute approximate surface area is 179 Å². The summed E-state index contributed by atoms with van der Waals surface area (Å²) < 4.78 is 0. The molecule has 0 amide bonds. The molecule has 3 aromatic rings. The summed E-state index contributed by atoms with van der Waals surface area (Å²) in [6.07, 6.45) is 2.29. The second-order valence-electron chi connectivity index (χ2n) is 7.30. The van der Waals surface area contributed by atoms with Crippen LogP contribution in [-0.4, -0.2) is 39.0 Å². The van der Waals surface area contributed by atoms with Crippen molar-refractivity contribution in [3.63, 3.8) is 0 Å². The Hall–Kier alpha value is -1.37. The fraction of sp³-hybridized carbons (Fsp3) is 0.400. The van der Waals surface area contributed by atoms with Crippen LogP contribution in [0.2, 0.25) is 15.2 Å². The van der Waals surface area contributed by atoms with Crippen LogP contribution in [0.25, 0.3) is 11.2 Å². The van der Waals surface area contributed by atoms with Crippen LogP contribution in [0, 0.1) is 0 Å². The molecule has 2 aromatic heterocycles. The number of piperidine rings is 1. The molecule has 0 bridgehead atoms. The Morgan fingerprint density at radius 3 is 2.75 bits per heavy atom. The van der Waals surface area contributed by atoms with Crippen molar-refractivity contribution >= 4 is 46.0 Å². The standard InChI is InChI=1S/C20H22Cl3N5/c1-12(19-25-17-4-5-18(23)26-20(17)27-19)28-6-2-3-16(11-28)24-10-13-7-14(21)9-15(22)8-13/h4-5,7-9,12,16,24H,2-3,6,10-11H2,1H3,(H,25,26,27)/t12?,16-/m0/s1. The molecule has 1 aliphatic rings. The Kier molecular flexibility index (Phi) is 6.09. The summed E-state index contributed by atoms with van der Waals surface area (Å²) in [5.74, 6) is 0.923. The fourth-order valence-corrected chi connectivity index (χ4v) is 4.47. The van der Waals surface area contributed by atoms with Crippen LogP contribution in [0.1, 0.15) is 37.2 Å². The molecule has 4 rings (SSSR count). The molecule has 5 nitrogen and oxygen atoms in total. The van der Waals surface area contributed by atoms with Crippen molar-refractivity contribution in [3.05, 3.63) is 56.9 Å². The number of imidazole rings is 1. The summed E-state index contributed by atoms with van der Waals surface area (Å²) in [4.78, 5) is 14.8. The molecule has 1 saturated heterocycles. The van der Waals surface area contributed by atoms with E-state index in [9.17, 15) is 0 Å². The van der Waals surface area contributed by atoms with Crippen molar-refractivity contribution in [1.82, 2.24) is 25.2 Å². The zero-order chi connectivity index (χ0) is 19.7. The van der Waals surface area contributed by atoms with Crippen LogP contribution < -0.4 is 5.32 Å². The number of H-pyrrole nitrogens is 1. The van der Waals surface area contributed by atoms with Crippen molar-refractivity contribution in [2.24, 2.45) is 0 Å². The highest BCUT2D eigenvalue weighted by molar-refractivity contribution is 6.34. The third-order valence-corrected chi connectivity index (χ3v) is 5.89. The van der Waals surface area contributed by atoms with E-state index in [2.05, 4.69) is 32.1 Å². The molecule has 0 saturated carbocycles. The van der Waals surface area contributed by atoms with Crippen LogP contribution in [0.3, 0.4) is 0 Å². The molecule has 0 aliphatic carbocycles. The number of aromatic nitrogens is 3. The van der Waals surface area contributed by atoms with E-state index in [1.165, 1.54) is 0 Å². The molecule has 148 valence electrons. The summed E-state index contributed by atoms with van der Waals surface area (Å²) in [6, 6.07) is 9.95. The maximum Gasteiger partial charge on any atom is 0.179 e. The van der Waals surface area contributed by atoms with Gasteiger partial charge in [-0.25, -0.2) is 9.97 Å². The van der Waals surface area contributed by atoms with Gasteiger partial charge < -0.3 is 10.3 Å². The number of fused-ring (bicyclic) bond motifs is 1. The van der Waals surface area contributed by atoms with Gasteiger partial charge in [0, 0.05) is 29.2 Å². The number of halogens is 3. The average molecular weight is 439 g/mol. The zero-order valence-electron chi connectivity index (χ0n) is 15.6. The summed E-state index contributed by atoms with van der Waals surface area (Å²) in [7, 11) is 0. The third-order valence-electron chi connectivity index (χ3n) is 5.24. The zero-order valence-corrected chi connectivity index (χ0v) is 17.8. The van der Waals surface area contributed by atoms with Gasteiger partial charge in [0.1, 0.15) is 11.0 Å². The summed E-state index contributed by atoms with van der Waals surface area (Å²) in [5, 5.41) is 5.44. The minimum Gasteiger partial charge on any atom is -0.339 e. The normalized spacial score (nSPS) is 19.2. The van der Waals surface area contributed by atoms with Gasteiger partial charge in [-0.3, -0.25) is 4.90 Å². The number of nitrogens with one attached hydrogen (secondary N) is 2. The number of nitrogens with zero attached hydrogens (tertiary/aromatic N) is 3. The van der Waals surface area contributed by atoms with Gasteiger partial charge in [0.2, 0.25) is 0 Å². The van der Waals surface area contributed by atoms with Crippen molar-refractivity contribution in [2.45, 2.75) is 38.4 Å². The Morgan fingerprint density at radius 2 is 1.96 bits per heavy atom. The first-order valence-electron chi connectivity index (χ1n) is 9.42. The fourth-order valence-electron chi connectivity index (χ4n) is 3.76. The maximum absolute atomic E-state index is 6.10. The maximum atomic E-state index is 6.10. The van der Waals surface area contributed by atoms with Gasteiger partial charge in [0.05, 0.1) is 11.6 Å². The van der Waals surface area contributed by atoms with E-state index in [0.29, 0.717) is 26.9 Å². The number of aromatic amines is 1. The van der Waals surface area contributed by atoms with Gasteiger partial charge in [-0.05, 0) is 62.2 Å². The lowest BCUT2D eigenvalue weighted by atomic mass is 10.0. The second-order valence-corrected chi connectivity index (χ2v) is 8.56. The number of pyridine rings is 1. The second kappa shape index (κ2) is 8.56. The largest absolute Gasteiger partial charge is 0.339 e. The Balaban J connectivity index is 1.40. The smallest absolute Gasteiger partial charge is 0.179 e. The predicted octanol–water partition coefficient (Wildman–Crippen LogP) is 5.23. The highest BCUT2D eigenvalue weighted by Gasteiger charge is 2.26. The number of hydrogen-bond acceptors (Lipinski definition) is 4. The first-order chi connectivity index (χ1) is 13.5. The lowest BCUT2D eigenvalue weighted by molar-refractivity contribution is 0.141. The molecule has 8 heteroatoms. The third kappa shape index (κ3) is 4.61. The minimum absolute atomic E-state index is 0.179. The number of benzene rings is 1. The first kappa shape index (κ1) is 19.9. The SMILES string of the molecule is CC(c1nc2nc(Cl)ccc2[nH]1)N1CCC[C@H](NCc2cc(Cl)cc(Cl)c2)C1. The molecule has 2 atom stereocenters. The molecule has 1 fully saturated rings. The summed E-state index contributed by atoms with van der Waals surface area (Å²) in [6.45, 7) is 4.94. The molecule has 0 spiro atoms. The van der Waals surface area contributed by atoms with E-state index in [-0.39, 0.29) is 6.04 Å². The van der Waals surface area contributed by atoms with Crippen LogP contribution in [0.4, 0.5) is 0 Å². The first-order valence-corrected chi connectivity index (χ1v) is 10.6. The number of rotatable bonds is 5. The summed E-state index contributed by atoms with van der Waals surface area (Å²) >= 11 is 18.2. The van der Waals surface area contributed by atoms with Gasteiger partial charge >= 0.3 is 0 Å². The quantitative estimate of drug-likeness (QED) is 0.535. The van der Waals surface area contributed by atoms with Gasteiger partial charge in [0.15, 0.2) is 5.65 Å².